The number of aromatic amines is 1. The van der Waals surface area contributed by atoms with Crippen molar-refractivity contribution in [3.63, 3.8) is 0 Å². The second-order valence-corrected chi connectivity index (χ2v) is 9.28. The topological polar surface area (TPSA) is 183 Å². The Morgan fingerprint density at radius 2 is 1.90 bits per heavy atom. The molecule has 2 aromatic carbocycles. The van der Waals surface area contributed by atoms with Gasteiger partial charge in [-0.3, -0.25) is 5.32 Å². The number of carbonyl (C=O) groups is 1. The zero-order valence-corrected chi connectivity index (χ0v) is 21.4. The van der Waals surface area contributed by atoms with E-state index < -0.39 is 23.4 Å². The number of amides is 2. The van der Waals surface area contributed by atoms with Crippen LogP contribution < -0.4 is 16.3 Å². The minimum Gasteiger partial charge on any atom is -0.508 e. The molecule has 0 saturated carbocycles. The van der Waals surface area contributed by atoms with Crippen molar-refractivity contribution >= 4 is 22.8 Å². The van der Waals surface area contributed by atoms with Crippen LogP contribution in [-0.2, 0) is 6.54 Å². The van der Waals surface area contributed by atoms with Crippen molar-refractivity contribution in [2.75, 3.05) is 11.9 Å². The van der Waals surface area contributed by atoms with Gasteiger partial charge in [0.15, 0.2) is 17.5 Å². The van der Waals surface area contributed by atoms with Crippen LogP contribution in [0.3, 0.4) is 0 Å². The summed E-state index contributed by atoms with van der Waals surface area (Å²) in [6.07, 6.45) is 2.63. The van der Waals surface area contributed by atoms with Crippen LogP contribution in [0, 0.1) is 5.82 Å². The molecule has 0 atom stereocenters. The smallest absolute Gasteiger partial charge is 0.347 e. The number of rotatable bonds is 7. The van der Waals surface area contributed by atoms with Crippen molar-refractivity contribution in [3.05, 3.63) is 70.7 Å². The number of aromatic hydroxyl groups is 3. The zero-order chi connectivity index (χ0) is 28.6. The third-order valence-corrected chi connectivity index (χ3v) is 6.30. The predicted molar refractivity (Wildman–Crippen MR) is 143 cm³/mol. The Morgan fingerprint density at radius 1 is 1.10 bits per heavy atom. The Kier molecular flexibility index (Phi) is 6.82. The summed E-state index contributed by atoms with van der Waals surface area (Å²) in [6, 6.07) is 8.98. The molecule has 5 aromatic rings. The second kappa shape index (κ2) is 10.4. The predicted octanol–water partition coefficient (Wildman–Crippen LogP) is 3.17. The van der Waals surface area contributed by atoms with Crippen molar-refractivity contribution in [2.45, 2.75) is 26.3 Å². The van der Waals surface area contributed by atoms with Crippen molar-refractivity contribution in [1.29, 1.82) is 0 Å². The molecule has 5 rings (SSSR count). The molecule has 0 fully saturated rings. The van der Waals surface area contributed by atoms with E-state index in [0.717, 1.165) is 17.1 Å². The number of anilines is 1. The number of aromatic nitrogens is 6. The standard InChI is InChI=1S/C26H25FN8O5/c1-13(2)16-10-17(21(37)11-20(16)36)23-32-33-26(40)35(23)15-3-4-19-14(9-15)5-7-34(19)8-6-28-24(38)30-22-18(27)12-29-25(39)31-22/h3-5,7,9-13,36-37H,6,8H2,1-2H3,(H,33,40)(H3,28,29,30,31,38,39). The number of hydrogen-bond acceptors (Lipinski definition) is 8. The molecule has 0 aliphatic rings. The van der Waals surface area contributed by atoms with E-state index in [2.05, 4.69) is 30.8 Å². The summed E-state index contributed by atoms with van der Waals surface area (Å²) in [5, 5.41) is 44.7. The Labute approximate surface area is 225 Å². The van der Waals surface area contributed by atoms with Gasteiger partial charge in [-0.05, 0) is 41.8 Å². The van der Waals surface area contributed by atoms with E-state index in [1.807, 2.05) is 36.7 Å². The number of nitrogens with one attached hydrogen (secondary N) is 3. The molecule has 0 aliphatic heterocycles. The highest BCUT2D eigenvalue weighted by atomic mass is 19.1. The minimum atomic E-state index is -0.870. The number of nitrogens with zero attached hydrogens (tertiary/aromatic N) is 5. The highest BCUT2D eigenvalue weighted by molar-refractivity contribution is 5.88. The minimum absolute atomic E-state index is 0.0264. The lowest BCUT2D eigenvalue weighted by Crippen LogP contribution is -2.32. The highest BCUT2D eigenvalue weighted by Crippen LogP contribution is 2.39. The average molecular weight is 549 g/mol. The van der Waals surface area contributed by atoms with Gasteiger partial charge < -0.3 is 30.2 Å². The first-order chi connectivity index (χ1) is 19.1. The summed E-state index contributed by atoms with van der Waals surface area (Å²) in [6.45, 7) is 4.38. The van der Waals surface area contributed by atoms with Gasteiger partial charge in [-0.25, -0.2) is 18.5 Å². The van der Waals surface area contributed by atoms with Crippen molar-refractivity contribution in [3.8, 4) is 34.6 Å². The summed E-state index contributed by atoms with van der Waals surface area (Å²) in [7, 11) is 0. The summed E-state index contributed by atoms with van der Waals surface area (Å²) >= 11 is 0. The Bertz CT molecular complexity index is 1790. The van der Waals surface area contributed by atoms with E-state index in [1.165, 1.54) is 10.6 Å². The normalized spacial score (nSPS) is 11.3. The maximum absolute atomic E-state index is 13.7. The van der Waals surface area contributed by atoms with Gasteiger partial charge >= 0.3 is 17.7 Å². The molecule has 0 aliphatic carbocycles. The number of phenolic OH excluding ortho intramolecular Hbond substituents is 2. The SMILES string of the molecule is CC(C)c1cc(-c2nnc(O)n2-c2ccc3c(ccn3CCNC(=O)Nc3nc(=O)[nH]cc3F)c2)c(O)cc1O. The summed E-state index contributed by atoms with van der Waals surface area (Å²) < 4.78 is 17.0. The molecule has 206 valence electrons. The van der Waals surface area contributed by atoms with Gasteiger partial charge in [0.25, 0.3) is 0 Å². The second-order valence-electron chi connectivity index (χ2n) is 9.28. The molecular formula is C26H25FN8O5. The van der Waals surface area contributed by atoms with Crippen LogP contribution in [0.5, 0.6) is 17.5 Å². The molecule has 3 heterocycles. The third kappa shape index (κ3) is 5.01. The van der Waals surface area contributed by atoms with Crippen molar-refractivity contribution in [2.24, 2.45) is 0 Å². The van der Waals surface area contributed by atoms with Gasteiger partial charge in [-0.15, -0.1) is 5.10 Å². The first kappa shape index (κ1) is 26.2. The lowest BCUT2D eigenvalue weighted by molar-refractivity contribution is 0.251. The third-order valence-electron chi connectivity index (χ3n) is 6.30. The number of H-pyrrole nitrogens is 1. The zero-order valence-electron chi connectivity index (χ0n) is 21.4. The molecule has 3 aromatic heterocycles. The fraction of sp³-hybridized carbons (Fsp3) is 0.192. The molecule has 40 heavy (non-hydrogen) atoms. The Balaban J connectivity index is 1.35. The van der Waals surface area contributed by atoms with Gasteiger partial charge in [-0.2, -0.15) is 4.98 Å². The van der Waals surface area contributed by atoms with Crippen LogP contribution in [-0.4, -0.2) is 57.2 Å². The fourth-order valence-electron chi connectivity index (χ4n) is 4.36. The molecule has 0 radical (unpaired) electrons. The first-order valence-electron chi connectivity index (χ1n) is 12.2. The lowest BCUT2D eigenvalue weighted by atomic mass is 9.98. The van der Waals surface area contributed by atoms with E-state index >= 15 is 0 Å². The summed E-state index contributed by atoms with van der Waals surface area (Å²) in [5.74, 6) is -1.43. The van der Waals surface area contributed by atoms with Crippen LogP contribution in [0.25, 0.3) is 28.0 Å². The summed E-state index contributed by atoms with van der Waals surface area (Å²) in [5.41, 5.74) is 1.48. The Morgan fingerprint density at radius 3 is 2.67 bits per heavy atom. The number of hydrogen-bond donors (Lipinski definition) is 6. The molecular weight excluding hydrogens is 523 g/mol. The molecule has 2 amide bonds. The number of phenols is 2. The maximum atomic E-state index is 13.7. The molecule has 0 saturated heterocycles. The molecule has 6 N–H and O–H groups in total. The highest BCUT2D eigenvalue weighted by Gasteiger charge is 2.21. The first-order valence-corrected chi connectivity index (χ1v) is 12.2. The van der Waals surface area contributed by atoms with Crippen LogP contribution >= 0.6 is 0 Å². The largest absolute Gasteiger partial charge is 0.508 e. The van der Waals surface area contributed by atoms with Gasteiger partial charge in [0.05, 0.1) is 11.3 Å². The molecule has 13 nitrogen and oxygen atoms in total. The van der Waals surface area contributed by atoms with E-state index in [1.54, 1.807) is 18.2 Å². The number of benzene rings is 2. The van der Waals surface area contributed by atoms with E-state index in [-0.39, 0.29) is 35.8 Å². The molecule has 0 unspecified atom stereocenters. The average Bonchev–Trinajstić information content (AvgIpc) is 3.48. The van der Waals surface area contributed by atoms with E-state index in [9.17, 15) is 29.3 Å². The van der Waals surface area contributed by atoms with Gasteiger partial charge in [0.2, 0.25) is 0 Å². The van der Waals surface area contributed by atoms with Crippen molar-refractivity contribution in [1.82, 2.24) is 34.6 Å². The monoisotopic (exact) mass is 548 g/mol. The molecule has 14 heteroatoms. The number of fused-ring (bicyclic) bond motifs is 1. The fourth-order valence-corrected chi connectivity index (χ4v) is 4.36. The number of carbonyl (C=O) groups excluding carboxylic acids is 1. The van der Waals surface area contributed by atoms with Gasteiger partial charge in [0, 0.05) is 42.5 Å². The van der Waals surface area contributed by atoms with E-state index in [0.29, 0.717) is 23.4 Å². The van der Waals surface area contributed by atoms with Crippen LogP contribution in [0.1, 0.15) is 25.3 Å². The van der Waals surface area contributed by atoms with E-state index in [4.69, 9.17) is 0 Å². The molecule has 0 spiro atoms. The number of urea groups is 1. The maximum Gasteiger partial charge on any atom is 0.347 e. The van der Waals surface area contributed by atoms with Crippen LogP contribution in [0.4, 0.5) is 15.0 Å². The molecule has 0 bridgehead atoms. The Hall–Kier alpha value is -5.40. The van der Waals surface area contributed by atoms with Gasteiger partial charge in [0.1, 0.15) is 11.5 Å². The lowest BCUT2D eigenvalue weighted by Gasteiger charge is -2.14. The van der Waals surface area contributed by atoms with Gasteiger partial charge in [-0.1, -0.05) is 18.9 Å². The van der Waals surface area contributed by atoms with Crippen LogP contribution in [0.2, 0.25) is 0 Å². The van der Waals surface area contributed by atoms with Crippen molar-refractivity contribution < 1.29 is 24.5 Å². The van der Waals surface area contributed by atoms with Crippen LogP contribution in [0.15, 0.2) is 53.6 Å². The quantitative estimate of drug-likeness (QED) is 0.179. The summed E-state index contributed by atoms with van der Waals surface area (Å²) in [4.78, 5) is 28.8. The number of halogens is 1.